The number of amides is 1. The van der Waals surface area contributed by atoms with E-state index in [-0.39, 0.29) is 24.1 Å². The number of nitrogens with zero attached hydrogens (tertiary/aromatic N) is 3. The van der Waals surface area contributed by atoms with Gasteiger partial charge in [0, 0.05) is 13.0 Å². The van der Waals surface area contributed by atoms with E-state index in [1.807, 2.05) is 6.92 Å². The number of hydrogen-bond acceptors (Lipinski definition) is 4. The molecule has 3 rings (SSSR count). The van der Waals surface area contributed by atoms with Gasteiger partial charge in [0.15, 0.2) is 0 Å². The minimum absolute atomic E-state index is 0.0272. The largest absolute Gasteiger partial charge is 0.349 e. The van der Waals surface area contributed by atoms with E-state index in [4.69, 9.17) is 0 Å². The van der Waals surface area contributed by atoms with Crippen molar-refractivity contribution in [3.05, 3.63) is 57.4 Å². The van der Waals surface area contributed by atoms with Gasteiger partial charge < -0.3 is 5.32 Å². The van der Waals surface area contributed by atoms with Crippen LogP contribution in [-0.2, 0) is 17.8 Å². The predicted molar refractivity (Wildman–Crippen MR) is 88.4 cm³/mol. The van der Waals surface area contributed by atoms with Crippen LogP contribution in [-0.4, -0.2) is 20.6 Å². The Labute approximate surface area is 139 Å². The molecule has 0 saturated heterocycles. The van der Waals surface area contributed by atoms with Crippen LogP contribution in [0.1, 0.15) is 36.1 Å². The molecule has 0 spiro atoms. The molecule has 2 aromatic rings. The molecule has 1 aliphatic carbocycles. The van der Waals surface area contributed by atoms with Crippen molar-refractivity contribution >= 4 is 11.6 Å². The van der Waals surface area contributed by atoms with Crippen molar-refractivity contribution in [3.63, 3.8) is 0 Å². The van der Waals surface area contributed by atoms with Crippen molar-refractivity contribution in [2.24, 2.45) is 5.92 Å². The van der Waals surface area contributed by atoms with Crippen LogP contribution in [0.2, 0.25) is 0 Å². The van der Waals surface area contributed by atoms with Crippen molar-refractivity contribution in [1.29, 1.82) is 0 Å². The third kappa shape index (κ3) is 3.29. The van der Waals surface area contributed by atoms with E-state index in [1.54, 1.807) is 0 Å². The number of nitrogens with one attached hydrogen (secondary N) is 1. The number of carbonyl (C=O) groups is 1. The first-order valence-corrected chi connectivity index (χ1v) is 7.99. The molecule has 7 nitrogen and oxygen atoms in total. The summed E-state index contributed by atoms with van der Waals surface area (Å²) in [4.78, 5) is 22.4. The van der Waals surface area contributed by atoms with Gasteiger partial charge in [0.2, 0.25) is 5.91 Å². The molecular formula is C17H20N4O3. The topological polar surface area (TPSA) is 90.1 Å². The standard InChI is InChI=1S/C17H20N4O3/c1-11-3-4-13-8-12(2)17(15(13)7-11)19-16(22)5-6-20-10-14(9-18-20)21(23)24/h3-4,7,9-10,12,17H,5-6,8H2,1-2H3,(H,19,22)/t12-,17+/m0/s1. The Hall–Kier alpha value is -2.70. The summed E-state index contributed by atoms with van der Waals surface area (Å²) >= 11 is 0. The Morgan fingerprint density at radius 1 is 1.50 bits per heavy atom. The quantitative estimate of drug-likeness (QED) is 0.674. The molecule has 0 radical (unpaired) electrons. The van der Waals surface area contributed by atoms with Gasteiger partial charge in [0.1, 0.15) is 12.4 Å². The lowest BCUT2D eigenvalue weighted by Gasteiger charge is -2.19. The van der Waals surface area contributed by atoms with E-state index in [1.165, 1.54) is 33.8 Å². The Bertz CT molecular complexity index is 784. The van der Waals surface area contributed by atoms with E-state index in [0.29, 0.717) is 12.5 Å². The van der Waals surface area contributed by atoms with Crippen molar-refractivity contribution in [2.75, 3.05) is 0 Å². The SMILES string of the molecule is Cc1ccc2c(c1)[C@H](NC(=O)CCn1cc([N+](=O)[O-])cn1)[C@@H](C)C2. The number of fused-ring (bicyclic) bond motifs is 1. The molecule has 1 heterocycles. The molecule has 1 aromatic heterocycles. The fourth-order valence-electron chi connectivity index (χ4n) is 3.21. The molecule has 24 heavy (non-hydrogen) atoms. The maximum absolute atomic E-state index is 12.3. The van der Waals surface area contributed by atoms with Crippen LogP contribution in [0.4, 0.5) is 5.69 Å². The fourth-order valence-corrected chi connectivity index (χ4v) is 3.21. The first-order valence-electron chi connectivity index (χ1n) is 7.99. The minimum Gasteiger partial charge on any atom is -0.349 e. The molecule has 7 heteroatoms. The van der Waals surface area contributed by atoms with Crippen LogP contribution in [0.25, 0.3) is 0 Å². The second-order valence-corrected chi connectivity index (χ2v) is 6.40. The molecule has 0 saturated carbocycles. The summed E-state index contributed by atoms with van der Waals surface area (Å²) in [5.41, 5.74) is 3.61. The first kappa shape index (κ1) is 16.2. The minimum atomic E-state index is -0.497. The average molecular weight is 328 g/mol. The molecule has 0 aliphatic heterocycles. The van der Waals surface area contributed by atoms with Gasteiger partial charge in [-0.05, 0) is 30.4 Å². The predicted octanol–water partition coefficient (Wildman–Crippen LogP) is 2.54. The summed E-state index contributed by atoms with van der Waals surface area (Å²) in [6, 6.07) is 6.40. The summed E-state index contributed by atoms with van der Waals surface area (Å²) in [6.45, 7) is 4.51. The zero-order chi connectivity index (χ0) is 17.3. The van der Waals surface area contributed by atoms with Crippen LogP contribution in [0.5, 0.6) is 0 Å². The van der Waals surface area contributed by atoms with Crippen LogP contribution in [0.3, 0.4) is 0 Å². The second kappa shape index (κ2) is 6.43. The number of hydrogen-bond donors (Lipinski definition) is 1. The van der Waals surface area contributed by atoms with Gasteiger partial charge in [-0.25, -0.2) is 0 Å². The van der Waals surface area contributed by atoms with Crippen LogP contribution in [0.15, 0.2) is 30.6 Å². The van der Waals surface area contributed by atoms with Crippen molar-refractivity contribution in [2.45, 2.75) is 39.3 Å². The molecule has 1 amide bonds. The lowest BCUT2D eigenvalue weighted by Crippen LogP contribution is -2.31. The lowest BCUT2D eigenvalue weighted by atomic mass is 10.0. The van der Waals surface area contributed by atoms with Crippen molar-refractivity contribution < 1.29 is 9.72 Å². The van der Waals surface area contributed by atoms with Gasteiger partial charge in [-0.3, -0.25) is 19.6 Å². The van der Waals surface area contributed by atoms with Gasteiger partial charge in [-0.1, -0.05) is 30.7 Å². The molecule has 1 aliphatic rings. The fraction of sp³-hybridized carbons (Fsp3) is 0.412. The van der Waals surface area contributed by atoms with Crippen LogP contribution >= 0.6 is 0 Å². The average Bonchev–Trinajstić information content (AvgIpc) is 3.11. The molecular weight excluding hydrogens is 308 g/mol. The van der Waals surface area contributed by atoms with E-state index in [0.717, 1.165) is 6.42 Å². The van der Waals surface area contributed by atoms with E-state index in [9.17, 15) is 14.9 Å². The molecule has 1 N–H and O–H groups in total. The summed E-state index contributed by atoms with van der Waals surface area (Å²) in [6.07, 6.45) is 3.73. The Balaban J connectivity index is 1.61. The molecule has 0 unspecified atom stereocenters. The molecule has 0 fully saturated rings. The normalized spacial score (nSPS) is 19.1. The van der Waals surface area contributed by atoms with Gasteiger partial charge >= 0.3 is 5.69 Å². The Kier molecular flexibility index (Phi) is 4.33. The van der Waals surface area contributed by atoms with Crippen molar-refractivity contribution in [3.8, 4) is 0 Å². The zero-order valence-electron chi connectivity index (χ0n) is 13.7. The highest BCUT2D eigenvalue weighted by Crippen LogP contribution is 2.36. The number of aryl methyl sites for hydroxylation is 2. The zero-order valence-corrected chi connectivity index (χ0v) is 13.7. The van der Waals surface area contributed by atoms with Gasteiger partial charge in [-0.2, -0.15) is 5.10 Å². The summed E-state index contributed by atoms with van der Waals surface area (Å²) in [7, 11) is 0. The number of nitro groups is 1. The molecule has 1 aromatic carbocycles. The highest BCUT2D eigenvalue weighted by Gasteiger charge is 2.30. The van der Waals surface area contributed by atoms with Gasteiger partial charge in [0.05, 0.1) is 11.0 Å². The van der Waals surface area contributed by atoms with Crippen LogP contribution < -0.4 is 5.32 Å². The van der Waals surface area contributed by atoms with E-state index in [2.05, 4.69) is 35.5 Å². The first-order chi connectivity index (χ1) is 11.4. The van der Waals surface area contributed by atoms with E-state index < -0.39 is 4.92 Å². The smallest absolute Gasteiger partial charge is 0.306 e. The monoisotopic (exact) mass is 328 g/mol. The Morgan fingerprint density at radius 3 is 3.00 bits per heavy atom. The number of rotatable bonds is 5. The number of benzene rings is 1. The Morgan fingerprint density at radius 2 is 2.29 bits per heavy atom. The second-order valence-electron chi connectivity index (χ2n) is 6.40. The molecule has 2 atom stereocenters. The summed E-state index contributed by atoms with van der Waals surface area (Å²) in [5.74, 6) is 0.288. The maximum Gasteiger partial charge on any atom is 0.306 e. The summed E-state index contributed by atoms with van der Waals surface area (Å²) < 4.78 is 1.42. The highest BCUT2D eigenvalue weighted by atomic mass is 16.6. The summed E-state index contributed by atoms with van der Waals surface area (Å²) in [5, 5.41) is 17.6. The third-order valence-electron chi connectivity index (χ3n) is 4.46. The van der Waals surface area contributed by atoms with Crippen molar-refractivity contribution in [1.82, 2.24) is 15.1 Å². The number of aromatic nitrogens is 2. The maximum atomic E-state index is 12.3. The molecule has 126 valence electrons. The van der Waals surface area contributed by atoms with E-state index >= 15 is 0 Å². The third-order valence-corrected chi connectivity index (χ3v) is 4.46. The van der Waals surface area contributed by atoms with Gasteiger partial charge in [-0.15, -0.1) is 0 Å². The van der Waals surface area contributed by atoms with Gasteiger partial charge in [0.25, 0.3) is 0 Å². The number of carbonyl (C=O) groups excluding carboxylic acids is 1. The highest BCUT2D eigenvalue weighted by molar-refractivity contribution is 5.76. The lowest BCUT2D eigenvalue weighted by molar-refractivity contribution is -0.385. The van der Waals surface area contributed by atoms with Crippen LogP contribution in [0, 0.1) is 23.0 Å². The molecule has 0 bridgehead atoms.